The molecular formula is C25H42BrClO6Si2. The topological polar surface area (TPSA) is 63.2 Å². The molecule has 1 heterocycles. The van der Waals surface area contributed by atoms with Crippen molar-refractivity contribution in [2.45, 2.75) is 100 Å². The van der Waals surface area contributed by atoms with Crippen molar-refractivity contribution in [1.82, 2.24) is 0 Å². The number of carbonyl (C=O) groups excluding carboxylic acids is 1. The fraction of sp³-hybridized carbons (Fsp3) is 0.720. The highest BCUT2D eigenvalue weighted by Crippen LogP contribution is 2.49. The Morgan fingerprint density at radius 3 is 2.00 bits per heavy atom. The lowest BCUT2D eigenvalue weighted by atomic mass is 10.2. The molecule has 0 aliphatic carbocycles. The minimum absolute atomic E-state index is 0.0358. The summed E-state index contributed by atoms with van der Waals surface area (Å²) in [6.45, 7) is 22.1. The van der Waals surface area contributed by atoms with Crippen LogP contribution in [0.4, 0.5) is 0 Å². The molecule has 0 spiro atoms. The maximum atomic E-state index is 12.9. The van der Waals surface area contributed by atoms with Crippen LogP contribution in [0.2, 0.25) is 36.3 Å². The summed E-state index contributed by atoms with van der Waals surface area (Å²) < 4.78 is 29.1. The van der Waals surface area contributed by atoms with Gasteiger partial charge in [-0.25, -0.2) is 4.79 Å². The molecule has 1 aliphatic rings. The van der Waals surface area contributed by atoms with E-state index >= 15 is 0 Å². The lowest BCUT2D eigenvalue weighted by molar-refractivity contribution is -0.114. The maximum Gasteiger partial charge on any atom is 0.340 e. The van der Waals surface area contributed by atoms with Gasteiger partial charge >= 0.3 is 5.97 Å². The Morgan fingerprint density at radius 1 is 1.03 bits per heavy atom. The van der Waals surface area contributed by atoms with Crippen LogP contribution < -0.4 is 4.74 Å². The molecule has 0 aromatic heterocycles. The van der Waals surface area contributed by atoms with Crippen molar-refractivity contribution in [3.63, 3.8) is 0 Å². The van der Waals surface area contributed by atoms with Crippen LogP contribution in [0.3, 0.4) is 0 Å². The Kier molecular flexibility index (Phi) is 9.46. The lowest BCUT2D eigenvalue weighted by Crippen LogP contribution is -2.52. The Labute approximate surface area is 226 Å². The van der Waals surface area contributed by atoms with E-state index in [0.717, 1.165) is 0 Å². The summed E-state index contributed by atoms with van der Waals surface area (Å²) in [5.74, 6) is 0.107. The third-order valence-electron chi connectivity index (χ3n) is 7.51. The zero-order chi connectivity index (χ0) is 27.0. The zero-order valence-electron chi connectivity index (χ0n) is 23.0. The second-order valence-corrected chi connectivity index (χ2v) is 24.1. The van der Waals surface area contributed by atoms with Crippen molar-refractivity contribution in [3.05, 3.63) is 29.8 Å². The van der Waals surface area contributed by atoms with Gasteiger partial charge in [-0.1, -0.05) is 69.1 Å². The van der Waals surface area contributed by atoms with Gasteiger partial charge in [0.2, 0.25) is 6.29 Å². The number of hydrogen-bond donors (Lipinski definition) is 0. The number of methoxy groups -OCH3 is 1. The van der Waals surface area contributed by atoms with Crippen LogP contribution in [0.15, 0.2) is 24.3 Å². The van der Waals surface area contributed by atoms with Gasteiger partial charge in [-0.3, -0.25) is 0 Å². The van der Waals surface area contributed by atoms with E-state index in [1.807, 2.05) is 0 Å². The number of benzene rings is 1. The van der Waals surface area contributed by atoms with Gasteiger partial charge in [-0.05, 0) is 60.5 Å². The summed E-state index contributed by atoms with van der Waals surface area (Å²) in [6, 6.07) is 6.69. The first-order valence-electron chi connectivity index (χ1n) is 11.9. The maximum absolute atomic E-state index is 12.9. The van der Waals surface area contributed by atoms with E-state index in [1.54, 1.807) is 31.4 Å². The van der Waals surface area contributed by atoms with Gasteiger partial charge in [-0.15, -0.1) is 0 Å². The first kappa shape index (κ1) is 30.8. The largest absolute Gasteiger partial charge is 0.497 e. The van der Waals surface area contributed by atoms with Crippen molar-refractivity contribution >= 4 is 50.1 Å². The van der Waals surface area contributed by atoms with Gasteiger partial charge in [0.05, 0.1) is 19.3 Å². The number of hydrogen-bond acceptors (Lipinski definition) is 6. The van der Waals surface area contributed by atoms with Crippen LogP contribution in [-0.4, -0.2) is 58.6 Å². The predicted molar refractivity (Wildman–Crippen MR) is 150 cm³/mol. The van der Waals surface area contributed by atoms with Crippen LogP contribution in [0.25, 0.3) is 0 Å². The summed E-state index contributed by atoms with van der Waals surface area (Å²) in [5.41, 5.74) is 0.372. The van der Waals surface area contributed by atoms with Gasteiger partial charge < -0.3 is 23.1 Å². The Morgan fingerprint density at radius 2 is 1.54 bits per heavy atom. The zero-order valence-corrected chi connectivity index (χ0v) is 27.3. The highest BCUT2D eigenvalue weighted by Gasteiger charge is 2.60. The molecule has 4 atom stereocenters. The minimum atomic E-state index is -2.25. The van der Waals surface area contributed by atoms with Crippen LogP contribution in [0.1, 0.15) is 51.9 Å². The van der Waals surface area contributed by atoms with Crippen LogP contribution in [0, 0.1) is 0 Å². The quantitative estimate of drug-likeness (QED) is 0.175. The summed E-state index contributed by atoms with van der Waals surface area (Å²) in [7, 11) is -2.74. The van der Waals surface area contributed by atoms with Crippen molar-refractivity contribution in [2.24, 2.45) is 0 Å². The molecule has 1 aromatic carbocycles. The fourth-order valence-electron chi connectivity index (χ4n) is 2.98. The molecule has 2 rings (SSSR count). The molecule has 35 heavy (non-hydrogen) atoms. The van der Waals surface area contributed by atoms with E-state index in [4.69, 9.17) is 34.7 Å². The second-order valence-electron chi connectivity index (χ2n) is 12.2. The first-order valence-corrected chi connectivity index (χ1v) is 18.9. The number of rotatable bonds is 8. The monoisotopic (exact) mass is 608 g/mol. The number of alkyl halides is 2. The van der Waals surface area contributed by atoms with Crippen LogP contribution >= 0.6 is 27.5 Å². The van der Waals surface area contributed by atoms with Gasteiger partial charge in [-0.2, -0.15) is 0 Å². The van der Waals surface area contributed by atoms with Crippen LogP contribution in [0.5, 0.6) is 5.75 Å². The highest BCUT2D eigenvalue weighted by molar-refractivity contribution is 9.10. The second kappa shape index (κ2) is 10.7. The molecular weight excluding hydrogens is 568 g/mol. The molecule has 1 aliphatic heterocycles. The number of carbonyl (C=O) groups is 1. The van der Waals surface area contributed by atoms with E-state index in [-0.39, 0.29) is 10.1 Å². The average molecular weight is 610 g/mol. The Hall–Kier alpha value is -0.426. The molecule has 6 nitrogen and oxygen atoms in total. The molecule has 0 bridgehead atoms. The van der Waals surface area contributed by atoms with Crippen LogP contribution in [-0.2, 0) is 18.3 Å². The Bertz CT molecular complexity index is 877. The summed E-state index contributed by atoms with van der Waals surface area (Å²) in [4.78, 5) is 12.9. The molecule has 0 radical (unpaired) electrons. The molecule has 0 amide bonds. The number of halogens is 2. The predicted octanol–water partition coefficient (Wildman–Crippen LogP) is 7.32. The summed E-state index contributed by atoms with van der Waals surface area (Å²) in [6.07, 6.45) is -2.16. The first-order chi connectivity index (χ1) is 15.7. The number of esters is 1. The lowest BCUT2D eigenvalue weighted by Gasteiger charge is -2.42. The van der Waals surface area contributed by atoms with E-state index in [0.29, 0.717) is 17.9 Å². The summed E-state index contributed by atoms with van der Waals surface area (Å²) in [5, 5.41) is -0.0102. The third kappa shape index (κ3) is 7.12. The molecule has 0 saturated carbocycles. The van der Waals surface area contributed by atoms with Crippen molar-refractivity contribution in [2.75, 3.05) is 13.7 Å². The van der Waals surface area contributed by atoms with E-state index in [9.17, 15) is 4.79 Å². The van der Waals surface area contributed by atoms with Crippen molar-refractivity contribution in [1.29, 1.82) is 0 Å². The molecule has 0 N–H and O–H groups in total. The SMILES string of the molecule is COc1ccc(C(=O)OC2O[C@H](CO[Si](C)(C)C(C)(C)C)[C@@H](O[Si](C)(C)C(C)(C)C)[C@]2(Cl)Br)cc1. The van der Waals surface area contributed by atoms with E-state index < -0.39 is 44.9 Å². The number of ether oxygens (including phenoxy) is 3. The molecule has 10 heteroatoms. The highest BCUT2D eigenvalue weighted by atomic mass is 79.9. The van der Waals surface area contributed by atoms with Gasteiger partial charge in [0.25, 0.3) is 0 Å². The van der Waals surface area contributed by atoms with Crippen molar-refractivity contribution < 1.29 is 27.9 Å². The molecule has 1 aromatic rings. The molecule has 1 saturated heterocycles. The van der Waals surface area contributed by atoms with E-state index in [1.165, 1.54) is 0 Å². The normalized spacial score (nSPS) is 26.0. The molecule has 200 valence electrons. The molecule has 1 fully saturated rings. The average Bonchev–Trinajstić information content (AvgIpc) is 2.94. The van der Waals surface area contributed by atoms with Crippen molar-refractivity contribution in [3.8, 4) is 5.75 Å². The Balaban J connectivity index is 2.31. The fourth-order valence-corrected chi connectivity index (χ4v) is 6.44. The van der Waals surface area contributed by atoms with Gasteiger partial charge in [0.1, 0.15) is 18.0 Å². The standard InChI is InChI=1S/C25H42BrClO6Si2/c1-23(2,3)34(8,9)30-16-19-20(33-35(10,11)24(4,5)6)25(26,27)22(31-19)32-21(28)17-12-14-18(29-7)15-13-17/h12-15,19-20,22H,16H2,1-11H3/t19-,20-,22?,25-/m1/s1. The smallest absolute Gasteiger partial charge is 0.340 e. The minimum Gasteiger partial charge on any atom is -0.497 e. The third-order valence-corrected chi connectivity index (χ3v) is 17.7. The van der Waals surface area contributed by atoms with Gasteiger partial charge in [0.15, 0.2) is 20.4 Å². The van der Waals surface area contributed by atoms with E-state index in [2.05, 4.69) is 83.7 Å². The summed E-state index contributed by atoms with van der Waals surface area (Å²) >= 11 is 10.6. The van der Waals surface area contributed by atoms with Gasteiger partial charge in [0, 0.05) is 0 Å². The molecule has 1 unspecified atom stereocenters.